The second-order valence-electron chi connectivity index (χ2n) is 8.09. The van der Waals surface area contributed by atoms with Crippen LogP contribution < -0.4 is 24.8 Å². The monoisotopic (exact) mass is 519 g/mol. The van der Waals surface area contributed by atoms with Crippen LogP contribution in [0.5, 0.6) is 17.2 Å². The predicted molar refractivity (Wildman–Crippen MR) is 146 cm³/mol. The number of nitrogens with zero attached hydrogens (tertiary/aromatic N) is 1. The molecule has 0 aliphatic rings. The molecule has 4 aromatic rings. The van der Waals surface area contributed by atoms with E-state index in [4.69, 9.17) is 14.2 Å². The number of rotatable bonds is 11. The van der Waals surface area contributed by atoms with E-state index in [0.717, 1.165) is 15.8 Å². The molecule has 0 aliphatic carbocycles. The fraction of sp³-hybridized carbons (Fsp3) is 0.214. The highest BCUT2D eigenvalue weighted by Crippen LogP contribution is 2.32. The molecule has 192 valence electrons. The topological polar surface area (TPSA) is 90.8 Å². The first-order chi connectivity index (χ1) is 18.0. The first-order valence-electron chi connectivity index (χ1n) is 11.7. The van der Waals surface area contributed by atoms with E-state index in [0.29, 0.717) is 41.6 Å². The van der Waals surface area contributed by atoms with Crippen LogP contribution >= 0.6 is 11.8 Å². The van der Waals surface area contributed by atoms with E-state index < -0.39 is 0 Å². The van der Waals surface area contributed by atoms with Gasteiger partial charge in [0.05, 0.1) is 32.8 Å². The van der Waals surface area contributed by atoms with Crippen LogP contribution in [-0.4, -0.2) is 50.0 Å². The van der Waals surface area contributed by atoms with Crippen molar-refractivity contribution in [3.63, 3.8) is 0 Å². The Kier molecular flexibility index (Phi) is 8.58. The number of ether oxygens (including phenoxy) is 3. The number of anilines is 1. The molecule has 8 nitrogen and oxygen atoms in total. The Hall–Kier alpha value is -4.11. The molecule has 0 unspecified atom stereocenters. The van der Waals surface area contributed by atoms with Crippen LogP contribution in [0.4, 0.5) is 5.69 Å². The van der Waals surface area contributed by atoms with Gasteiger partial charge in [0, 0.05) is 46.7 Å². The molecule has 0 fully saturated rings. The van der Waals surface area contributed by atoms with Crippen LogP contribution in [0.25, 0.3) is 10.9 Å². The van der Waals surface area contributed by atoms with Crippen molar-refractivity contribution in [3.05, 3.63) is 78.5 Å². The van der Waals surface area contributed by atoms with E-state index in [1.54, 1.807) is 63.8 Å². The highest BCUT2D eigenvalue weighted by atomic mass is 32.2. The maximum absolute atomic E-state index is 12.7. The standard InChI is InChI=1S/C28H29N3O5S/c1-34-20-10-8-19(9-11-20)28(33)29-14-15-31-17-26(22-6-4-5-7-24(22)31)37-18-27(32)30-23-13-12-21(35-2)16-25(23)36-3/h4-13,16-17H,14-15,18H2,1-3H3,(H,29,33)(H,30,32). The molecular weight excluding hydrogens is 490 g/mol. The highest BCUT2D eigenvalue weighted by molar-refractivity contribution is 8.00. The fourth-order valence-corrected chi connectivity index (χ4v) is 4.77. The van der Waals surface area contributed by atoms with Gasteiger partial charge < -0.3 is 29.4 Å². The van der Waals surface area contributed by atoms with Gasteiger partial charge >= 0.3 is 0 Å². The van der Waals surface area contributed by atoms with Gasteiger partial charge in [0.1, 0.15) is 17.2 Å². The van der Waals surface area contributed by atoms with Crippen LogP contribution in [0.15, 0.2) is 77.8 Å². The summed E-state index contributed by atoms with van der Waals surface area (Å²) in [5.74, 6) is 1.84. The van der Waals surface area contributed by atoms with Crippen molar-refractivity contribution in [3.8, 4) is 17.2 Å². The third-order valence-electron chi connectivity index (χ3n) is 5.78. The molecule has 2 amide bonds. The third kappa shape index (κ3) is 6.37. The number of amides is 2. The zero-order chi connectivity index (χ0) is 26.2. The number of thioether (sulfide) groups is 1. The van der Waals surface area contributed by atoms with Crippen molar-refractivity contribution in [2.45, 2.75) is 11.4 Å². The van der Waals surface area contributed by atoms with Crippen molar-refractivity contribution in [1.82, 2.24) is 9.88 Å². The normalized spacial score (nSPS) is 10.7. The Morgan fingerprint density at radius 1 is 0.892 bits per heavy atom. The zero-order valence-electron chi connectivity index (χ0n) is 20.9. The Labute approximate surface area is 219 Å². The molecule has 37 heavy (non-hydrogen) atoms. The summed E-state index contributed by atoms with van der Waals surface area (Å²) in [5.41, 5.74) is 2.21. The van der Waals surface area contributed by atoms with Crippen LogP contribution in [0.3, 0.4) is 0 Å². The summed E-state index contributed by atoms with van der Waals surface area (Å²) in [7, 11) is 4.72. The lowest BCUT2D eigenvalue weighted by Crippen LogP contribution is -2.27. The Morgan fingerprint density at radius 2 is 1.62 bits per heavy atom. The molecule has 0 spiro atoms. The smallest absolute Gasteiger partial charge is 0.251 e. The molecule has 3 aromatic carbocycles. The number of nitrogens with one attached hydrogen (secondary N) is 2. The van der Waals surface area contributed by atoms with Gasteiger partial charge in [-0.25, -0.2) is 0 Å². The summed E-state index contributed by atoms with van der Waals surface area (Å²) in [4.78, 5) is 26.2. The average Bonchev–Trinajstić information content (AvgIpc) is 3.29. The average molecular weight is 520 g/mol. The largest absolute Gasteiger partial charge is 0.497 e. The van der Waals surface area contributed by atoms with Crippen molar-refractivity contribution in [2.24, 2.45) is 0 Å². The van der Waals surface area contributed by atoms with Gasteiger partial charge in [0.25, 0.3) is 5.91 Å². The van der Waals surface area contributed by atoms with Crippen molar-refractivity contribution >= 4 is 40.2 Å². The lowest BCUT2D eigenvalue weighted by Gasteiger charge is -2.11. The Bertz CT molecular complexity index is 1380. The van der Waals surface area contributed by atoms with Crippen LogP contribution in [0, 0.1) is 0 Å². The molecule has 2 N–H and O–H groups in total. The first-order valence-corrected chi connectivity index (χ1v) is 12.7. The molecule has 4 rings (SSSR count). The zero-order valence-corrected chi connectivity index (χ0v) is 21.8. The van der Waals surface area contributed by atoms with Gasteiger partial charge in [-0.3, -0.25) is 9.59 Å². The number of fused-ring (bicyclic) bond motifs is 1. The molecule has 0 bridgehead atoms. The van der Waals surface area contributed by atoms with Gasteiger partial charge in [-0.15, -0.1) is 11.8 Å². The second kappa shape index (κ2) is 12.2. The molecule has 1 heterocycles. The van der Waals surface area contributed by atoms with E-state index in [-0.39, 0.29) is 17.6 Å². The van der Waals surface area contributed by atoms with Crippen LogP contribution in [0.1, 0.15) is 10.4 Å². The predicted octanol–water partition coefficient (Wildman–Crippen LogP) is 4.83. The van der Waals surface area contributed by atoms with Gasteiger partial charge in [0.15, 0.2) is 0 Å². The van der Waals surface area contributed by atoms with E-state index in [1.807, 2.05) is 30.5 Å². The molecule has 0 saturated carbocycles. The molecule has 0 saturated heterocycles. The number of para-hydroxylation sites is 1. The maximum atomic E-state index is 12.7. The SMILES string of the molecule is COc1ccc(C(=O)NCCn2cc(SCC(=O)Nc3ccc(OC)cc3OC)c3ccccc32)cc1. The van der Waals surface area contributed by atoms with Gasteiger partial charge in [-0.05, 0) is 42.5 Å². The quantitative estimate of drug-likeness (QED) is 0.276. The second-order valence-corrected chi connectivity index (χ2v) is 9.11. The van der Waals surface area contributed by atoms with Gasteiger partial charge in [0.2, 0.25) is 5.91 Å². The lowest BCUT2D eigenvalue weighted by molar-refractivity contribution is -0.113. The number of carbonyl (C=O) groups is 2. The van der Waals surface area contributed by atoms with Gasteiger partial charge in [-0.1, -0.05) is 18.2 Å². The third-order valence-corrected chi connectivity index (χ3v) is 6.83. The molecule has 0 atom stereocenters. The summed E-state index contributed by atoms with van der Waals surface area (Å²) < 4.78 is 17.8. The number of methoxy groups -OCH3 is 3. The Balaban J connectivity index is 1.38. The van der Waals surface area contributed by atoms with E-state index in [1.165, 1.54) is 11.8 Å². The summed E-state index contributed by atoms with van der Waals surface area (Å²) in [6.45, 7) is 1.06. The molecular formula is C28H29N3O5S. The van der Waals surface area contributed by atoms with Crippen molar-refractivity contribution in [1.29, 1.82) is 0 Å². The minimum absolute atomic E-state index is 0.139. The fourth-order valence-electron chi connectivity index (χ4n) is 3.88. The lowest BCUT2D eigenvalue weighted by atomic mass is 10.2. The summed E-state index contributed by atoms with van der Waals surface area (Å²) >= 11 is 1.46. The van der Waals surface area contributed by atoms with Gasteiger partial charge in [-0.2, -0.15) is 0 Å². The van der Waals surface area contributed by atoms with Crippen molar-refractivity contribution < 1.29 is 23.8 Å². The van der Waals surface area contributed by atoms with E-state index >= 15 is 0 Å². The van der Waals surface area contributed by atoms with E-state index in [2.05, 4.69) is 15.2 Å². The van der Waals surface area contributed by atoms with E-state index in [9.17, 15) is 9.59 Å². The minimum atomic E-state index is -0.142. The Morgan fingerprint density at radius 3 is 2.35 bits per heavy atom. The highest BCUT2D eigenvalue weighted by Gasteiger charge is 2.13. The maximum Gasteiger partial charge on any atom is 0.251 e. The molecule has 0 aliphatic heterocycles. The molecule has 0 radical (unpaired) electrons. The first kappa shape index (κ1) is 26.0. The molecule has 1 aromatic heterocycles. The summed E-state index contributed by atoms with van der Waals surface area (Å²) in [6, 6.07) is 20.3. The number of hydrogen-bond donors (Lipinski definition) is 2. The number of hydrogen-bond acceptors (Lipinski definition) is 6. The minimum Gasteiger partial charge on any atom is -0.497 e. The van der Waals surface area contributed by atoms with Crippen LogP contribution in [0.2, 0.25) is 0 Å². The number of aromatic nitrogens is 1. The van der Waals surface area contributed by atoms with Crippen molar-refractivity contribution in [2.75, 3.05) is 38.9 Å². The summed E-state index contributed by atoms with van der Waals surface area (Å²) in [5, 5.41) is 6.93. The molecule has 9 heteroatoms. The number of carbonyl (C=O) groups excluding carboxylic acids is 2. The van der Waals surface area contributed by atoms with Crippen LogP contribution in [-0.2, 0) is 11.3 Å². The summed E-state index contributed by atoms with van der Waals surface area (Å²) in [6.07, 6.45) is 2.02. The number of benzene rings is 3.